The maximum absolute atomic E-state index is 4.68. The first kappa shape index (κ1) is 15.8. The van der Waals surface area contributed by atoms with Gasteiger partial charge in [0, 0.05) is 24.4 Å². The lowest BCUT2D eigenvalue weighted by Gasteiger charge is -2.11. The predicted molar refractivity (Wildman–Crippen MR) is 86.8 cm³/mol. The number of nitrogens with zero attached hydrogens (tertiary/aromatic N) is 3. The van der Waals surface area contributed by atoms with Crippen LogP contribution >= 0.6 is 0 Å². The molecule has 1 unspecified atom stereocenters. The van der Waals surface area contributed by atoms with Crippen molar-refractivity contribution < 1.29 is 0 Å². The average Bonchev–Trinajstić information content (AvgIpc) is 2.89. The zero-order valence-electron chi connectivity index (χ0n) is 14.4. The summed E-state index contributed by atoms with van der Waals surface area (Å²) in [5.41, 5.74) is 7.62. The van der Waals surface area contributed by atoms with Crippen molar-refractivity contribution in [2.75, 3.05) is 0 Å². The molecule has 0 aromatic carbocycles. The Bertz CT molecular complexity index is 619. The lowest BCUT2D eigenvalue weighted by Crippen LogP contribution is -2.04. The van der Waals surface area contributed by atoms with E-state index in [0.29, 0.717) is 11.8 Å². The van der Waals surface area contributed by atoms with Crippen LogP contribution in [0.4, 0.5) is 0 Å². The minimum atomic E-state index is 0.465. The second-order valence-corrected chi connectivity index (χ2v) is 6.53. The summed E-state index contributed by atoms with van der Waals surface area (Å²) in [6.45, 7) is 13.1. The van der Waals surface area contributed by atoms with Crippen molar-refractivity contribution in [2.24, 2.45) is 7.05 Å². The third kappa shape index (κ3) is 3.04. The standard InChI is InChI=1S/C17H28N4/c1-10(2)16-13(5)15(21(7)20-16)9-8-11(3)17-12(4)14(6)18-19-17/h10-11H,8-9H2,1-7H3,(H,18,19). The zero-order chi connectivity index (χ0) is 15.7. The van der Waals surface area contributed by atoms with Crippen molar-refractivity contribution in [1.29, 1.82) is 0 Å². The Morgan fingerprint density at radius 1 is 1.05 bits per heavy atom. The number of aromatic nitrogens is 4. The molecule has 2 rings (SSSR count). The van der Waals surface area contributed by atoms with Gasteiger partial charge in [-0.15, -0.1) is 0 Å². The van der Waals surface area contributed by atoms with E-state index in [1.165, 1.54) is 33.9 Å². The Morgan fingerprint density at radius 2 is 1.71 bits per heavy atom. The van der Waals surface area contributed by atoms with Crippen molar-refractivity contribution in [2.45, 2.75) is 66.2 Å². The van der Waals surface area contributed by atoms with Crippen LogP contribution in [-0.2, 0) is 13.5 Å². The van der Waals surface area contributed by atoms with Gasteiger partial charge >= 0.3 is 0 Å². The Labute approximate surface area is 128 Å². The molecule has 0 saturated carbocycles. The van der Waals surface area contributed by atoms with Crippen molar-refractivity contribution in [3.63, 3.8) is 0 Å². The van der Waals surface area contributed by atoms with E-state index in [4.69, 9.17) is 0 Å². The number of nitrogens with one attached hydrogen (secondary N) is 1. The Kier molecular flexibility index (Phi) is 4.55. The van der Waals surface area contributed by atoms with Crippen LogP contribution in [0.25, 0.3) is 0 Å². The number of aryl methyl sites for hydroxylation is 2. The molecule has 4 heteroatoms. The molecular weight excluding hydrogens is 260 g/mol. The summed E-state index contributed by atoms with van der Waals surface area (Å²) < 4.78 is 2.06. The molecule has 1 atom stereocenters. The molecule has 2 heterocycles. The Morgan fingerprint density at radius 3 is 2.19 bits per heavy atom. The summed E-state index contributed by atoms with van der Waals surface area (Å²) in [6, 6.07) is 0. The van der Waals surface area contributed by atoms with Crippen LogP contribution in [0, 0.1) is 20.8 Å². The largest absolute Gasteiger partial charge is 0.282 e. The van der Waals surface area contributed by atoms with Crippen molar-refractivity contribution in [3.8, 4) is 0 Å². The Hall–Kier alpha value is -1.58. The van der Waals surface area contributed by atoms with Crippen LogP contribution in [0.15, 0.2) is 0 Å². The highest BCUT2D eigenvalue weighted by Gasteiger charge is 2.18. The van der Waals surface area contributed by atoms with Gasteiger partial charge in [-0.2, -0.15) is 10.2 Å². The topological polar surface area (TPSA) is 46.5 Å². The first-order valence-corrected chi connectivity index (χ1v) is 7.86. The first-order chi connectivity index (χ1) is 9.82. The molecule has 116 valence electrons. The van der Waals surface area contributed by atoms with Crippen LogP contribution in [0.3, 0.4) is 0 Å². The molecule has 0 aliphatic heterocycles. The molecule has 0 amide bonds. The van der Waals surface area contributed by atoms with Gasteiger partial charge in [0.1, 0.15) is 0 Å². The molecule has 0 saturated heterocycles. The van der Waals surface area contributed by atoms with E-state index in [1.54, 1.807) is 0 Å². The molecule has 2 aromatic heterocycles. The quantitative estimate of drug-likeness (QED) is 0.906. The van der Waals surface area contributed by atoms with E-state index in [1.807, 2.05) is 0 Å². The molecule has 0 radical (unpaired) electrons. The van der Waals surface area contributed by atoms with Gasteiger partial charge in [0.05, 0.1) is 11.4 Å². The van der Waals surface area contributed by atoms with E-state index in [2.05, 4.69) is 68.6 Å². The number of hydrogen-bond donors (Lipinski definition) is 1. The molecule has 0 bridgehead atoms. The molecule has 4 nitrogen and oxygen atoms in total. The fraction of sp³-hybridized carbons (Fsp3) is 0.647. The smallest absolute Gasteiger partial charge is 0.0682 e. The third-order valence-corrected chi connectivity index (χ3v) is 4.58. The minimum absolute atomic E-state index is 0.465. The summed E-state index contributed by atoms with van der Waals surface area (Å²) in [7, 11) is 2.06. The van der Waals surface area contributed by atoms with Gasteiger partial charge in [-0.25, -0.2) is 0 Å². The second kappa shape index (κ2) is 6.04. The highest BCUT2D eigenvalue weighted by Crippen LogP contribution is 2.26. The van der Waals surface area contributed by atoms with E-state index in [9.17, 15) is 0 Å². The van der Waals surface area contributed by atoms with Crippen LogP contribution in [0.1, 0.15) is 72.9 Å². The summed E-state index contributed by atoms with van der Waals surface area (Å²) >= 11 is 0. The maximum Gasteiger partial charge on any atom is 0.0682 e. The molecule has 21 heavy (non-hydrogen) atoms. The fourth-order valence-corrected chi connectivity index (χ4v) is 3.06. The molecule has 0 spiro atoms. The maximum atomic E-state index is 4.68. The molecular formula is C17H28N4. The van der Waals surface area contributed by atoms with Crippen LogP contribution in [0.2, 0.25) is 0 Å². The highest BCUT2D eigenvalue weighted by atomic mass is 15.3. The van der Waals surface area contributed by atoms with Crippen LogP contribution in [0.5, 0.6) is 0 Å². The van der Waals surface area contributed by atoms with Gasteiger partial charge in [-0.05, 0) is 50.7 Å². The van der Waals surface area contributed by atoms with E-state index >= 15 is 0 Å². The summed E-state index contributed by atoms with van der Waals surface area (Å²) in [4.78, 5) is 0. The van der Waals surface area contributed by atoms with Crippen molar-refractivity contribution in [1.82, 2.24) is 20.0 Å². The van der Waals surface area contributed by atoms with E-state index < -0.39 is 0 Å². The van der Waals surface area contributed by atoms with Gasteiger partial charge in [0.15, 0.2) is 0 Å². The molecule has 0 fully saturated rings. The van der Waals surface area contributed by atoms with Crippen molar-refractivity contribution >= 4 is 0 Å². The number of H-pyrrole nitrogens is 1. The molecule has 2 aromatic rings. The summed E-state index contributed by atoms with van der Waals surface area (Å²) in [5, 5.41) is 12.2. The van der Waals surface area contributed by atoms with Gasteiger partial charge in [0.25, 0.3) is 0 Å². The number of aromatic amines is 1. The average molecular weight is 288 g/mol. The van der Waals surface area contributed by atoms with Gasteiger partial charge in [0.2, 0.25) is 0 Å². The second-order valence-electron chi connectivity index (χ2n) is 6.53. The van der Waals surface area contributed by atoms with Crippen molar-refractivity contribution in [3.05, 3.63) is 33.9 Å². The third-order valence-electron chi connectivity index (χ3n) is 4.58. The Balaban J connectivity index is 2.11. The monoisotopic (exact) mass is 288 g/mol. The predicted octanol–water partition coefficient (Wildman–Crippen LogP) is 3.93. The van der Waals surface area contributed by atoms with Gasteiger partial charge in [-0.1, -0.05) is 20.8 Å². The van der Waals surface area contributed by atoms with Crippen LogP contribution < -0.4 is 0 Å². The fourth-order valence-electron chi connectivity index (χ4n) is 3.06. The number of hydrogen-bond acceptors (Lipinski definition) is 2. The summed E-state index contributed by atoms with van der Waals surface area (Å²) in [5.74, 6) is 0.949. The first-order valence-electron chi connectivity index (χ1n) is 7.86. The molecule has 0 aliphatic carbocycles. The minimum Gasteiger partial charge on any atom is -0.282 e. The molecule has 1 N–H and O–H groups in total. The SMILES string of the molecule is Cc1[nH]nc(C(C)CCc2c(C)c(C(C)C)nn2C)c1C. The van der Waals surface area contributed by atoms with Gasteiger partial charge in [-0.3, -0.25) is 9.78 Å². The summed E-state index contributed by atoms with van der Waals surface area (Å²) in [6.07, 6.45) is 2.15. The number of rotatable bonds is 5. The lowest BCUT2D eigenvalue weighted by atomic mass is 9.95. The van der Waals surface area contributed by atoms with E-state index in [-0.39, 0.29) is 0 Å². The molecule has 0 aliphatic rings. The van der Waals surface area contributed by atoms with E-state index in [0.717, 1.165) is 12.8 Å². The van der Waals surface area contributed by atoms with Crippen LogP contribution in [-0.4, -0.2) is 20.0 Å². The zero-order valence-corrected chi connectivity index (χ0v) is 14.4. The lowest BCUT2D eigenvalue weighted by molar-refractivity contribution is 0.612. The normalized spacial score (nSPS) is 13.1. The van der Waals surface area contributed by atoms with Gasteiger partial charge < -0.3 is 0 Å². The highest BCUT2D eigenvalue weighted by molar-refractivity contribution is 5.28.